The number of aromatic hydroxyl groups is 1. The van der Waals surface area contributed by atoms with Gasteiger partial charge in [0.1, 0.15) is 11.6 Å². The third-order valence-electron chi connectivity index (χ3n) is 2.98. The van der Waals surface area contributed by atoms with Gasteiger partial charge in [-0.1, -0.05) is 6.07 Å². The maximum atomic E-state index is 12.9. The molecule has 1 aliphatic heterocycles. The van der Waals surface area contributed by atoms with Crippen LogP contribution in [-0.4, -0.2) is 16.2 Å². The number of thioether (sulfide) groups is 1. The monoisotopic (exact) mass is 392 g/mol. The first-order valence-electron chi connectivity index (χ1n) is 6.55. The molecule has 4 nitrogen and oxygen atoms in total. The van der Waals surface area contributed by atoms with Crippen LogP contribution in [0.15, 0.2) is 56.8 Å². The van der Waals surface area contributed by atoms with Crippen molar-refractivity contribution in [2.75, 3.05) is 0 Å². The number of hydrogen-bond donors (Lipinski definition) is 2. The van der Waals surface area contributed by atoms with Gasteiger partial charge in [-0.3, -0.25) is 4.79 Å². The Morgan fingerprint density at radius 3 is 2.65 bits per heavy atom. The molecule has 0 bridgehead atoms. The number of amides is 1. The van der Waals surface area contributed by atoms with Crippen molar-refractivity contribution in [3.05, 3.63) is 63.2 Å². The van der Waals surface area contributed by atoms with E-state index in [0.29, 0.717) is 20.2 Å². The summed E-state index contributed by atoms with van der Waals surface area (Å²) in [4.78, 5) is 16.7. The lowest BCUT2D eigenvalue weighted by molar-refractivity contribution is -0.115. The molecule has 0 aliphatic carbocycles. The van der Waals surface area contributed by atoms with Crippen molar-refractivity contribution in [1.29, 1.82) is 0 Å². The fourth-order valence-electron chi connectivity index (χ4n) is 1.88. The Hall–Kier alpha value is -2.12. The molecule has 23 heavy (non-hydrogen) atoms. The number of nitrogens with one attached hydrogen (secondary N) is 1. The Balaban J connectivity index is 1.83. The Kier molecular flexibility index (Phi) is 4.49. The predicted molar refractivity (Wildman–Crippen MR) is 93.0 cm³/mol. The van der Waals surface area contributed by atoms with E-state index in [1.807, 2.05) is 0 Å². The first kappa shape index (κ1) is 15.8. The summed E-state index contributed by atoms with van der Waals surface area (Å²) in [7, 11) is 0. The number of halogens is 2. The maximum Gasteiger partial charge on any atom is 0.264 e. The van der Waals surface area contributed by atoms with Gasteiger partial charge in [-0.15, -0.1) is 0 Å². The van der Waals surface area contributed by atoms with E-state index in [1.165, 1.54) is 36.0 Å². The normalized spacial score (nSPS) is 17.7. The smallest absolute Gasteiger partial charge is 0.264 e. The molecule has 0 atom stereocenters. The van der Waals surface area contributed by atoms with E-state index in [0.717, 1.165) is 5.56 Å². The van der Waals surface area contributed by atoms with Crippen molar-refractivity contribution >= 4 is 50.5 Å². The number of carbonyl (C=O) groups excluding carboxylic acids is 1. The van der Waals surface area contributed by atoms with Crippen LogP contribution in [0, 0.1) is 5.82 Å². The first-order valence-corrected chi connectivity index (χ1v) is 8.16. The molecule has 0 unspecified atom stereocenters. The zero-order valence-corrected chi connectivity index (χ0v) is 14.0. The van der Waals surface area contributed by atoms with E-state index in [9.17, 15) is 14.3 Å². The molecular weight excluding hydrogens is 383 g/mol. The molecule has 1 aliphatic rings. The Morgan fingerprint density at radius 2 is 1.96 bits per heavy atom. The van der Waals surface area contributed by atoms with E-state index in [2.05, 4.69) is 26.2 Å². The molecule has 1 amide bonds. The summed E-state index contributed by atoms with van der Waals surface area (Å²) >= 11 is 4.43. The standard InChI is InChI=1S/C16H10BrFN2O2S/c17-12-7-9(1-6-13(12)21)8-14-15(22)20-16(23-14)19-11-4-2-10(18)3-5-11/h1-8,21H,(H,19,20,22)/b14-8+. The van der Waals surface area contributed by atoms with Crippen LogP contribution in [0.4, 0.5) is 10.1 Å². The zero-order chi connectivity index (χ0) is 16.4. The van der Waals surface area contributed by atoms with E-state index in [1.54, 1.807) is 24.3 Å². The number of aliphatic imine (C=N–C) groups is 1. The number of rotatable bonds is 2. The summed E-state index contributed by atoms with van der Waals surface area (Å²) in [6, 6.07) is 10.7. The zero-order valence-electron chi connectivity index (χ0n) is 11.6. The summed E-state index contributed by atoms with van der Waals surface area (Å²) in [5.74, 6) is -0.454. The van der Waals surface area contributed by atoms with Crippen molar-refractivity contribution in [2.24, 2.45) is 4.99 Å². The summed E-state index contributed by atoms with van der Waals surface area (Å²) in [5.41, 5.74) is 1.33. The average Bonchev–Trinajstić information content (AvgIpc) is 2.85. The molecule has 0 saturated carbocycles. The van der Waals surface area contributed by atoms with Gasteiger partial charge in [0.05, 0.1) is 15.1 Å². The highest BCUT2D eigenvalue weighted by molar-refractivity contribution is 9.10. The van der Waals surface area contributed by atoms with Gasteiger partial charge in [0, 0.05) is 0 Å². The van der Waals surface area contributed by atoms with Gasteiger partial charge >= 0.3 is 0 Å². The van der Waals surface area contributed by atoms with Crippen LogP contribution in [0.1, 0.15) is 5.56 Å². The third-order valence-corrected chi connectivity index (χ3v) is 4.52. The number of nitrogens with zero attached hydrogens (tertiary/aromatic N) is 1. The quantitative estimate of drug-likeness (QED) is 0.753. The molecule has 0 radical (unpaired) electrons. The van der Waals surface area contributed by atoms with E-state index >= 15 is 0 Å². The van der Waals surface area contributed by atoms with E-state index in [4.69, 9.17) is 0 Å². The Labute approximate surface area is 144 Å². The average molecular weight is 393 g/mol. The van der Waals surface area contributed by atoms with Crippen LogP contribution in [0.25, 0.3) is 6.08 Å². The van der Waals surface area contributed by atoms with Gasteiger partial charge in [-0.2, -0.15) is 0 Å². The SMILES string of the molecule is O=C1NC(=Nc2ccc(F)cc2)S/C1=C/c1ccc(O)c(Br)c1. The predicted octanol–water partition coefficient (Wildman–Crippen LogP) is 4.19. The summed E-state index contributed by atoms with van der Waals surface area (Å²) < 4.78 is 13.4. The Morgan fingerprint density at radius 1 is 1.22 bits per heavy atom. The molecule has 3 rings (SSSR count). The number of benzene rings is 2. The highest BCUT2D eigenvalue weighted by Crippen LogP contribution is 2.30. The maximum absolute atomic E-state index is 12.9. The number of hydrogen-bond acceptors (Lipinski definition) is 4. The molecular formula is C16H10BrFN2O2S. The lowest BCUT2D eigenvalue weighted by atomic mass is 10.2. The second-order valence-corrected chi connectivity index (χ2v) is 6.55. The fraction of sp³-hybridized carbons (Fsp3) is 0. The van der Waals surface area contributed by atoms with Gasteiger partial charge in [-0.25, -0.2) is 9.38 Å². The molecule has 0 aromatic heterocycles. The van der Waals surface area contributed by atoms with Gasteiger partial charge in [-0.05, 0) is 75.7 Å². The number of amidine groups is 1. The van der Waals surface area contributed by atoms with Crippen LogP contribution >= 0.6 is 27.7 Å². The fourth-order valence-corrected chi connectivity index (χ4v) is 3.12. The van der Waals surface area contributed by atoms with E-state index in [-0.39, 0.29) is 17.5 Å². The summed E-state index contributed by atoms with van der Waals surface area (Å²) in [6.07, 6.45) is 1.71. The van der Waals surface area contributed by atoms with Crippen molar-refractivity contribution in [1.82, 2.24) is 5.32 Å². The lowest BCUT2D eigenvalue weighted by Gasteiger charge is -1.99. The molecule has 2 N–H and O–H groups in total. The van der Waals surface area contributed by atoms with Gasteiger partial charge in [0.25, 0.3) is 5.91 Å². The minimum atomic E-state index is -0.337. The molecule has 7 heteroatoms. The molecule has 2 aromatic rings. The van der Waals surface area contributed by atoms with Crippen molar-refractivity contribution in [3.63, 3.8) is 0 Å². The minimum Gasteiger partial charge on any atom is -0.507 e. The van der Waals surface area contributed by atoms with Crippen molar-refractivity contribution in [2.45, 2.75) is 0 Å². The number of phenolic OH excluding ortho intramolecular Hbond substituents is 1. The second-order valence-electron chi connectivity index (χ2n) is 4.67. The molecule has 1 saturated heterocycles. The van der Waals surface area contributed by atoms with Gasteiger partial charge in [0.15, 0.2) is 5.17 Å². The molecule has 1 fully saturated rings. The highest BCUT2D eigenvalue weighted by Gasteiger charge is 2.23. The third kappa shape index (κ3) is 3.80. The Bertz CT molecular complexity index is 834. The topological polar surface area (TPSA) is 61.7 Å². The van der Waals surface area contributed by atoms with Crippen LogP contribution in [0.2, 0.25) is 0 Å². The van der Waals surface area contributed by atoms with Gasteiger partial charge < -0.3 is 10.4 Å². The van der Waals surface area contributed by atoms with Crippen LogP contribution in [0.5, 0.6) is 5.75 Å². The van der Waals surface area contributed by atoms with E-state index < -0.39 is 0 Å². The second kappa shape index (κ2) is 6.55. The highest BCUT2D eigenvalue weighted by atomic mass is 79.9. The minimum absolute atomic E-state index is 0.134. The molecule has 1 heterocycles. The van der Waals surface area contributed by atoms with Crippen LogP contribution in [-0.2, 0) is 4.79 Å². The van der Waals surface area contributed by atoms with Gasteiger partial charge in [0.2, 0.25) is 0 Å². The largest absolute Gasteiger partial charge is 0.507 e. The number of phenols is 1. The lowest BCUT2D eigenvalue weighted by Crippen LogP contribution is -2.19. The summed E-state index contributed by atoms with van der Waals surface area (Å²) in [6.45, 7) is 0. The molecule has 2 aromatic carbocycles. The van der Waals surface area contributed by atoms with Crippen LogP contribution in [0.3, 0.4) is 0 Å². The van der Waals surface area contributed by atoms with Crippen LogP contribution < -0.4 is 5.32 Å². The first-order chi connectivity index (χ1) is 11.0. The molecule has 0 spiro atoms. The summed E-state index contributed by atoms with van der Waals surface area (Å²) in [5, 5.41) is 12.6. The van der Waals surface area contributed by atoms with Crippen molar-refractivity contribution in [3.8, 4) is 5.75 Å². The number of carbonyl (C=O) groups is 1. The van der Waals surface area contributed by atoms with Crippen molar-refractivity contribution < 1.29 is 14.3 Å². The molecule has 116 valence electrons.